The number of likely N-dealkylation sites (tertiary alicyclic amines) is 1. The van der Waals surface area contributed by atoms with Crippen molar-refractivity contribution in [3.63, 3.8) is 0 Å². The second-order valence-corrected chi connectivity index (χ2v) is 5.21. The van der Waals surface area contributed by atoms with Crippen LogP contribution in [0.1, 0.15) is 26.0 Å². The van der Waals surface area contributed by atoms with Gasteiger partial charge < -0.3 is 10.0 Å². The predicted octanol–water partition coefficient (Wildman–Crippen LogP) is 1.22. The predicted molar refractivity (Wildman–Crippen MR) is 73.0 cm³/mol. The fraction of sp³-hybridized carbons (Fsp3) is 0.692. The molecule has 19 heavy (non-hydrogen) atoms. The monoisotopic (exact) mass is 266 g/mol. The minimum atomic E-state index is -0.433. The van der Waals surface area contributed by atoms with E-state index in [1.807, 2.05) is 27.0 Å². The number of urea groups is 1. The van der Waals surface area contributed by atoms with Gasteiger partial charge in [0.1, 0.15) is 5.82 Å². The van der Waals surface area contributed by atoms with Crippen LogP contribution in [0.3, 0.4) is 0 Å². The molecule has 2 atom stereocenters. The third-order valence-corrected chi connectivity index (χ3v) is 3.73. The molecular formula is C13H22N4O2. The van der Waals surface area contributed by atoms with Gasteiger partial charge in [0.2, 0.25) is 0 Å². The summed E-state index contributed by atoms with van der Waals surface area (Å²) in [5, 5.41) is 17.0. The molecule has 2 rings (SSSR count). The number of nitrogens with one attached hydrogen (secondary N) is 1. The molecule has 1 fully saturated rings. The molecular weight excluding hydrogens is 244 g/mol. The number of hydrogen-bond acceptors (Lipinski definition) is 3. The van der Waals surface area contributed by atoms with Crippen molar-refractivity contribution >= 4 is 11.8 Å². The van der Waals surface area contributed by atoms with Gasteiger partial charge in [0.15, 0.2) is 0 Å². The van der Waals surface area contributed by atoms with E-state index >= 15 is 0 Å². The molecule has 6 nitrogen and oxygen atoms in total. The molecule has 6 heteroatoms. The average molecular weight is 266 g/mol. The molecule has 1 aliphatic heterocycles. The molecule has 0 aromatic carbocycles. The number of carbonyl (C=O) groups is 1. The van der Waals surface area contributed by atoms with E-state index in [1.165, 1.54) is 0 Å². The van der Waals surface area contributed by atoms with Gasteiger partial charge in [-0.05, 0) is 18.8 Å². The number of nitrogens with zero attached hydrogens (tertiary/aromatic N) is 3. The number of anilines is 1. The van der Waals surface area contributed by atoms with Crippen LogP contribution in [0.15, 0.2) is 6.07 Å². The van der Waals surface area contributed by atoms with Crippen LogP contribution in [0.25, 0.3) is 0 Å². The largest absolute Gasteiger partial charge is 0.391 e. The van der Waals surface area contributed by atoms with Gasteiger partial charge in [0.25, 0.3) is 0 Å². The number of aliphatic hydroxyl groups is 1. The molecule has 2 heterocycles. The standard InChI is InChI=1S/C13H22N4O2/c1-4-10-7-12(16(3)15-10)14-13(19)17-6-5-9(2)11(18)8-17/h7,9,11,18H,4-6,8H2,1-3H3,(H,14,19). The Morgan fingerprint density at radius 1 is 1.63 bits per heavy atom. The first kappa shape index (κ1) is 13.9. The zero-order valence-corrected chi connectivity index (χ0v) is 11.8. The summed E-state index contributed by atoms with van der Waals surface area (Å²) in [4.78, 5) is 13.8. The lowest BCUT2D eigenvalue weighted by molar-refractivity contribution is 0.0463. The maximum atomic E-state index is 12.1. The summed E-state index contributed by atoms with van der Waals surface area (Å²) in [6.45, 7) is 5.11. The van der Waals surface area contributed by atoms with Gasteiger partial charge in [0.05, 0.1) is 11.8 Å². The molecule has 0 bridgehead atoms. The Kier molecular flexibility index (Phi) is 4.09. The highest BCUT2D eigenvalue weighted by molar-refractivity contribution is 5.88. The first-order chi connectivity index (χ1) is 9.01. The van der Waals surface area contributed by atoms with Crippen LogP contribution < -0.4 is 5.32 Å². The molecule has 0 saturated carbocycles. The van der Waals surface area contributed by atoms with Gasteiger partial charge in [-0.3, -0.25) is 10.00 Å². The van der Waals surface area contributed by atoms with Crippen molar-refractivity contribution < 1.29 is 9.90 Å². The van der Waals surface area contributed by atoms with E-state index < -0.39 is 6.10 Å². The van der Waals surface area contributed by atoms with Crippen LogP contribution in [-0.4, -0.2) is 45.0 Å². The molecule has 1 saturated heterocycles. The molecule has 0 spiro atoms. The average Bonchev–Trinajstić information content (AvgIpc) is 2.73. The maximum absolute atomic E-state index is 12.1. The summed E-state index contributed by atoms with van der Waals surface area (Å²) in [5.74, 6) is 0.947. The summed E-state index contributed by atoms with van der Waals surface area (Å²) in [7, 11) is 1.81. The molecule has 1 aliphatic rings. The fourth-order valence-electron chi connectivity index (χ4n) is 2.24. The van der Waals surface area contributed by atoms with Crippen LogP contribution >= 0.6 is 0 Å². The number of hydrogen-bond donors (Lipinski definition) is 2. The van der Waals surface area contributed by atoms with E-state index in [-0.39, 0.29) is 11.9 Å². The highest BCUT2D eigenvalue weighted by Crippen LogP contribution is 2.18. The van der Waals surface area contributed by atoms with Crippen LogP contribution in [0.4, 0.5) is 10.6 Å². The topological polar surface area (TPSA) is 70.4 Å². The lowest BCUT2D eigenvalue weighted by atomic mass is 9.96. The van der Waals surface area contributed by atoms with Crippen molar-refractivity contribution in [2.45, 2.75) is 32.8 Å². The van der Waals surface area contributed by atoms with Crippen molar-refractivity contribution in [2.24, 2.45) is 13.0 Å². The number of piperidine rings is 1. The van der Waals surface area contributed by atoms with Gasteiger partial charge in [-0.1, -0.05) is 13.8 Å². The number of carbonyl (C=O) groups excluding carboxylic acids is 1. The number of aliphatic hydroxyl groups excluding tert-OH is 1. The number of aromatic nitrogens is 2. The fourth-order valence-corrected chi connectivity index (χ4v) is 2.24. The zero-order valence-electron chi connectivity index (χ0n) is 11.8. The molecule has 2 N–H and O–H groups in total. The Hall–Kier alpha value is -1.56. The zero-order chi connectivity index (χ0) is 14.0. The van der Waals surface area contributed by atoms with Crippen molar-refractivity contribution in [1.29, 1.82) is 0 Å². The minimum absolute atomic E-state index is 0.170. The van der Waals surface area contributed by atoms with E-state index in [4.69, 9.17) is 0 Å². The molecule has 2 amide bonds. The lowest BCUT2D eigenvalue weighted by Gasteiger charge is -2.34. The summed E-state index contributed by atoms with van der Waals surface area (Å²) < 4.78 is 1.67. The second-order valence-electron chi connectivity index (χ2n) is 5.21. The summed E-state index contributed by atoms with van der Waals surface area (Å²) in [5.41, 5.74) is 0.949. The quantitative estimate of drug-likeness (QED) is 0.845. The normalized spacial score (nSPS) is 23.5. The third-order valence-electron chi connectivity index (χ3n) is 3.73. The highest BCUT2D eigenvalue weighted by Gasteiger charge is 2.27. The van der Waals surface area contributed by atoms with E-state index in [9.17, 15) is 9.90 Å². The van der Waals surface area contributed by atoms with E-state index in [1.54, 1.807) is 9.58 Å². The second kappa shape index (κ2) is 5.61. The number of rotatable bonds is 2. The lowest BCUT2D eigenvalue weighted by Crippen LogP contribution is -2.47. The smallest absolute Gasteiger partial charge is 0.323 e. The molecule has 1 aromatic heterocycles. The Bertz CT molecular complexity index is 457. The van der Waals surface area contributed by atoms with Crippen LogP contribution in [-0.2, 0) is 13.5 Å². The van der Waals surface area contributed by atoms with Gasteiger partial charge in [0, 0.05) is 26.2 Å². The maximum Gasteiger partial charge on any atom is 0.323 e. The van der Waals surface area contributed by atoms with E-state index in [0.717, 1.165) is 18.5 Å². The van der Waals surface area contributed by atoms with Crippen molar-refractivity contribution in [3.8, 4) is 0 Å². The summed E-state index contributed by atoms with van der Waals surface area (Å²) in [6.07, 6.45) is 1.24. The molecule has 1 aromatic rings. The van der Waals surface area contributed by atoms with E-state index in [2.05, 4.69) is 10.4 Å². The van der Waals surface area contributed by atoms with Crippen molar-refractivity contribution in [2.75, 3.05) is 18.4 Å². The first-order valence-electron chi connectivity index (χ1n) is 6.78. The number of amides is 2. The van der Waals surface area contributed by atoms with Crippen LogP contribution in [0.2, 0.25) is 0 Å². The number of β-amino-alcohol motifs (C(OH)–C–C–N with tert-alkyl or cyclic N) is 1. The Morgan fingerprint density at radius 3 is 2.95 bits per heavy atom. The van der Waals surface area contributed by atoms with Gasteiger partial charge in [-0.15, -0.1) is 0 Å². The van der Waals surface area contributed by atoms with Crippen molar-refractivity contribution in [3.05, 3.63) is 11.8 Å². The van der Waals surface area contributed by atoms with Gasteiger partial charge in [-0.2, -0.15) is 5.10 Å². The summed E-state index contributed by atoms with van der Waals surface area (Å²) >= 11 is 0. The first-order valence-corrected chi connectivity index (χ1v) is 6.78. The highest BCUT2D eigenvalue weighted by atomic mass is 16.3. The Labute approximate surface area is 113 Å². The minimum Gasteiger partial charge on any atom is -0.391 e. The van der Waals surface area contributed by atoms with Crippen LogP contribution in [0.5, 0.6) is 0 Å². The third kappa shape index (κ3) is 3.07. The summed E-state index contributed by atoms with van der Waals surface area (Å²) in [6, 6.07) is 1.71. The van der Waals surface area contributed by atoms with Gasteiger partial charge >= 0.3 is 6.03 Å². The van der Waals surface area contributed by atoms with Crippen molar-refractivity contribution in [1.82, 2.24) is 14.7 Å². The Balaban J connectivity index is 1.99. The van der Waals surface area contributed by atoms with Crippen LogP contribution in [0, 0.1) is 5.92 Å². The molecule has 2 unspecified atom stereocenters. The Morgan fingerprint density at radius 2 is 2.37 bits per heavy atom. The van der Waals surface area contributed by atoms with Gasteiger partial charge in [-0.25, -0.2) is 4.79 Å². The number of aryl methyl sites for hydroxylation is 2. The van der Waals surface area contributed by atoms with E-state index in [0.29, 0.717) is 18.9 Å². The molecule has 0 radical (unpaired) electrons. The molecule has 106 valence electrons. The molecule has 0 aliphatic carbocycles. The SMILES string of the molecule is CCc1cc(NC(=O)N2CCC(C)C(O)C2)n(C)n1.